The van der Waals surface area contributed by atoms with Gasteiger partial charge in [0.2, 0.25) is 5.91 Å². The number of piperidine rings is 1. The lowest BCUT2D eigenvalue weighted by Crippen LogP contribution is -2.50. The number of benzene rings is 1. The SMILES string of the molecule is CC(=O)NC1CCCN(C(=O)COc2cc(C(=O)N(C)C)ccc2C)C1. The molecule has 1 atom stereocenters. The lowest BCUT2D eigenvalue weighted by molar-refractivity contribution is -0.135. The van der Waals surface area contributed by atoms with Crippen molar-refractivity contribution in [1.82, 2.24) is 15.1 Å². The third-order valence-corrected chi connectivity index (χ3v) is 4.37. The molecule has 0 spiro atoms. The zero-order chi connectivity index (χ0) is 19.3. The zero-order valence-corrected chi connectivity index (χ0v) is 15.9. The van der Waals surface area contributed by atoms with Gasteiger partial charge in [0.25, 0.3) is 11.8 Å². The van der Waals surface area contributed by atoms with Gasteiger partial charge in [-0.05, 0) is 37.5 Å². The summed E-state index contributed by atoms with van der Waals surface area (Å²) in [4.78, 5) is 38.9. The van der Waals surface area contributed by atoms with Crippen LogP contribution in [0.4, 0.5) is 0 Å². The highest BCUT2D eigenvalue weighted by atomic mass is 16.5. The molecule has 2 rings (SSSR count). The Balaban J connectivity index is 1.97. The minimum atomic E-state index is -0.121. The molecule has 1 aliphatic rings. The molecule has 7 nitrogen and oxygen atoms in total. The normalized spacial score (nSPS) is 16.8. The Hall–Kier alpha value is -2.57. The highest BCUT2D eigenvalue weighted by Crippen LogP contribution is 2.21. The van der Waals surface area contributed by atoms with Gasteiger partial charge in [-0.15, -0.1) is 0 Å². The van der Waals surface area contributed by atoms with Gasteiger partial charge in [-0.1, -0.05) is 6.07 Å². The molecule has 1 aromatic rings. The van der Waals surface area contributed by atoms with Crippen LogP contribution in [-0.4, -0.2) is 67.4 Å². The van der Waals surface area contributed by atoms with E-state index in [0.717, 1.165) is 18.4 Å². The van der Waals surface area contributed by atoms with Crippen molar-refractivity contribution < 1.29 is 19.1 Å². The number of nitrogens with zero attached hydrogens (tertiary/aromatic N) is 2. The molecule has 142 valence electrons. The van der Waals surface area contributed by atoms with E-state index >= 15 is 0 Å². The van der Waals surface area contributed by atoms with Gasteiger partial charge in [-0.3, -0.25) is 14.4 Å². The van der Waals surface area contributed by atoms with E-state index in [4.69, 9.17) is 4.74 Å². The molecule has 1 fully saturated rings. The summed E-state index contributed by atoms with van der Waals surface area (Å²) in [5.74, 6) is 0.208. The van der Waals surface area contributed by atoms with E-state index in [-0.39, 0.29) is 30.4 Å². The van der Waals surface area contributed by atoms with Crippen LogP contribution in [0, 0.1) is 6.92 Å². The smallest absolute Gasteiger partial charge is 0.260 e. The fourth-order valence-corrected chi connectivity index (χ4v) is 2.99. The van der Waals surface area contributed by atoms with E-state index in [0.29, 0.717) is 24.4 Å². The molecule has 0 radical (unpaired) electrons. The summed E-state index contributed by atoms with van der Waals surface area (Å²) in [6.07, 6.45) is 1.72. The monoisotopic (exact) mass is 361 g/mol. The molecule has 26 heavy (non-hydrogen) atoms. The highest BCUT2D eigenvalue weighted by molar-refractivity contribution is 5.94. The zero-order valence-electron chi connectivity index (χ0n) is 15.9. The van der Waals surface area contributed by atoms with E-state index in [1.807, 2.05) is 13.0 Å². The molecule has 1 heterocycles. The van der Waals surface area contributed by atoms with Gasteiger partial charge in [0.15, 0.2) is 6.61 Å². The first-order chi connectivity index (χ1) is 12.3. The molecule has 1 N–H and O–H groups in total. The van der Waals surface area contributed by atoms with Crippen molar-refractivity contribution in [1.29, 1.82) is 0 Å². The Bertz CT molecular complexity index is 687. The fourth-order valence-electron chi connectivity index (χ4n) is 2.99. The predicted molar refractivity (Wildman–Crippen MR) is 98.1 cm³/mol. The lowest BCUT2D eigenvalue weighted by atomic mass is 10.1. The second kappa shape index (κ2) is 8.69. The van der Waals surface area contributed by atoms with Crippen LogP contribution in [0.15, 0.2) is 18.2 Å². The molecule has 7 heteroatoms. The molecule has 1 aliphatic heterocycles. The van der Waals surface area contributed by atoms with Crippen LogP contribution in [0.1, 0.15) is 35.7 Å². The number of carbonyl (C=O) groups excluding carboxylic acids is 3. The van der Waals surface area contributed by atoms with Crippen LogP contribution < -0.4 is 10.1 Å². The van der Waals surface area contributed by atoms with Crippen molar-refractivity contribution in [2.24, 2.45) is 0 Å². The van der Waals surface area contributed by atoms with Crippen LogP contribution in [0.2, 0.25) is 0 Å². The quantitative estimate of drug-likeness (QED) is 0.855. The van der Waals surface area contributed by atoms with Gasteiger partial charge in [0, 0.05) is 45.7 Å². The fraction of sp³-hybridized carbons (Fsp3) is 0.526. The average molecular weight is 361 g/mol. The molecule has 1 unspecified atom stereocenters. The van der Waals surface area contributed by atoms with Crippen LogP contribution in [0.25, 0.3) is 0 Å². The maximum absolute atomic E-state index is 12.5. The minimum Gasteiger partial charge on any atom is -0.483 e. The summed E-state index contributed by atoms with van der Waals surface area (Å²) in [6.45, 7) is 4.43. The summed E-state index contributed by atoms with van der Waals surface area (Å²) in [5, 5.41) is 2.86. The lowest BCUT2D eigenvalue weighted by Gasteiger charge is -2.33. The molecule has 0 saturated carbocycles. The molecule has 3 amide bonds. The molecule has 0 bridgehead atoms. The third kappa shape index (κ3) is 5.21. The molecular formula is C19H27N3O4. The maximum atomic E-state index is 12.5. The number of ether oxygens (including phenoxy) is 1. The number of nitrogens with one attached hydrogen (secondary N) is 1. The van der Waals surface area contributed by atoms with Crippen molar-refractivity contribution in [2.75, 3.05) is 33.8 Å². The predicted octanol–water partition coefficient (Wildman–Crippen LogP) is 1.20. The second-order valence-electron chi connectivity index (χ2n) is 6.85. The van der Waals surface area contributed by atoms with Crippen LogP contribution >= 0.6 is 0 Å². The Labute approximate surface area is 154 Å². The van der Waals surface area contributed by atoms with Crippen molar-refractivity contribution in [3.8, 4) is 5.75 Å². The van der Waals surface area contributed by atoms with Gasteiger partial charge in [0.1, 0.15) is 5.75 Å². The minimum absolute atomic E-state index is 0.00650. The average Bonchev–Trinajstić information content (AvgIpc) is 2.59. The Kier molecular flexibility index (Phi) is 6.60. The highest BCUT2D eigenvalue weighted by Gasteiger charge is 2.24. The molecule has 0 aliphatic carbocycles. The summed E-state index contributed by atoms with van der Waals surface area (Å²) >= 11 is 0. The number of likely N-dealkylation sites (tertiary alicyclic amines) is 1. The first-order valence-electron chi connectivity index (χ1n) is 8.78. The van der Waals surface area contributed by atoms with Crippen LogP contribution in [-0.2, 0) is 9.59 Å². The number of amides is 3. The second-order valence-corrected chi connectivity index (χ2v) is 6.85. The number of aryl methyl sites for hydroxylation is 1. The third-order valence-electron chi connectivity index (χ3n) is 4.37. The van der Waals surface area contributed by atoms with Crippen molar-refractivity contribution in [3.05, 3.63) is 29.3 Å². The van der Waals surface area contributed by atoms with Gasteiger partial charge < -0.3 is 19.9 Å². The maximum Gasteiger partial charge on any atom is 0.260 e. The van der Waals surface area contributed by atoms with E-state index in [2.05, 4.69) is 5.32 Å². The Morgan fingerprint density at radius 1 is 1.31 bits per heavy atom. The first-order valence-corrected chi connectivity index (χ1v) is 8.78. The summed E-state index contributed by atoms with van der Waals surface area (Å²) in [6, 6.07) is 5.22. The van der Waals surface area contributed by atoms with E-state index < -0.39 is 0 Å². The summed E-state index contributed by atoms with van der Waals surface area (Å²) < 4.78 is 5.69. The van der Waals surface area contributed by atoms with E-state index in [9.17, 15) is 14.4 Å². The first kappa shape index (κ1) is 19.8. The number of carbonyl (C=O) groups is 3. The van der Waals surface area contributed by atoms with Gasteiger partial charge in [-0.25, -0.2) is 0 Å². The van der Waals surface area contributed by atoms with Crippen molar-refractivity contribution in [3.63, 3.8) is 0 Å². The standard InChI is InChI=1S/C19H27N3O4/c1-13-7-8-15(19(25)21(3)4)10-17(13)26-12-18(24)22-9-5-6-16(11-22)20-14(2)23/h7-8,10,16H,5-6,9,11-12H2,1-4H3,(H,20,23). The topological polar surface area (TPSA) is 79.0 Å². The Morgan fingerprint density at radius 2 is 2.04 bits per heavy atom. The van der Waals surface area contributed by atoms with Crippen molar-refractivity contribution in [2.45, 2.75) is 32.7 Å². The van der Waals surface area contributed by atoms with Gasteiger partial charge >= 0.3 is 0 Å². The van der Waals surface area contributed by atoms with Gasteiger partial charge in [-0.2, -0.15) is 0 Å². The number of hydrogen-bond donors (Lipinski definition) is 1. The molecular weight excluding hydrogens is 334 g/mol. The molecule has 0 aromatic heterocycles. The molecule has 1 aromatic carbocycles. The van der Waals surface area contributed by atoms with Crippen molar-refractivity contribution >= 4 is 17.7 Å². The van der Waals surface area contributed by atoms with Crippen LogP contribution in [0.3, 0.4) is 0 Å². The Morgan fingerprint density at radius 3 is 2.69 bits per heavy atom. The van der Waals surface area contributed by atoms with Crippen LogP contribution in [0.5, 0.6) is 5.75 Å². The van der Waals surface area contributed by atoms with E-state index in [1.54, 1.807) is 31.1 Å². The molecule has 1 saturated heterocycles. The van der Waals surface area contributed by atoms with E-state index in [1.165, 1.54) is 11.8 Å². The number of hydrogen-bond acceptors (Lipinski definition) is 4. The van der Waals surface area contributed by atoms with Gasteiger partial charge in [0.05, 0.1) is 0 Å². The summed E-state index contributed by atoms with van der Waals surface area (Å²) in [5.41, 5.74) is 1.38. The largest absolute Gasteiger partial charge is 0.483 e. The summed E-state index contributed by atoms with van der Waals surface area (Å²) in [7, 11) is 3.38. The number of rotatable bonds is 5.